The lowest BCUT2D eigenvalue weighted by molar-refractivity contribution is 0.248. The number of aryl methyl sites for hydroxylation is 1. The number of hydrogen-bond acceptors (Lipinski definition) is 11. The highest BCUT2D eigenvalue weighted by Gasteiger charge is 2.21. The van der Waals surface area contributed by atoms with E-state index in [9.17, 15) is 4.79 Å². The van der Waals surface area contributed by atoms with Gasteiger partial charge in [0.2, 0.25) is 11.8 Å². The van der Waals surface area contributed by atoms with E-state index in [2.05, 4.69) is 41.9 Å². The van der Waals surface area contributed by atoms with Gasteiger partial charge in [-0.05, 0) is 54.1 Å². The van der Waals surface area contributed by atoms with Crippen molar-refractivity contribution in [3.05, 3.63) is 101 Å². The number of hydrogen-bond donors (Lipinski definition) is 1. The van der Waals surface area contributed by atoms with Crippen LogP contribution in [-0.2, 0) is 13.6 Å². The molecule has 0 radical (unpaired) electrons. The predicted molar refractivity (Wildman–Crippen MR) is 169 cm³/mol. The molecule has 13 heteroatoms. The van der Waals surface area contributed by atoms with Crippen LogP contribution in [-0.4, -0.2) is 70.1 Å². The number of piperazine rings is 1. The lowest BCUT2D eigenvalue weighted by atomic mass is 10.1. The van der Waals surface area contributed by atoms with Crippen LogP contribution in [0.1, 0.15) is 11.4 Å². The number of aromatic nitrogens is 8. The van der Waals surface area contributed by atoms with Crippen LogP contribution in [0, 0.1) is 11.3 Å². The maximum absolute atomic E-state index is 12.9. The normalized spacial score (nSPS) is 13.6. The summed E-state index contributed by atoms with van der Waals surface area (Å²) in [6, 6.07) is 21.3. The Morgan fingerprint density at radius 1 is 0.889 bits per heavy atom. The van der Waals surface area contributed by atoms with E-state index in [1.54, 1.807) is 25.5 Å². The third-order valence-electron chi connectivity index (χ3n) is 7.90. The molecule has 0 saturated carbocycles. The summed E-state index contributed by atoms with van der Waals surface area (Å²) in [5.74, 6) is 1.64. The Morgan fingerprint density at radius 3 is 2.47 bits per heavy atom. The molecular weight excluding hydrogens is 568 g/mol. The second-order valence-electron chi connectivity index (χ2n) is 10.7. The lowest BCUT2D eigenvalue weighted by Gasteiger charge is -2.34. The van der Waals surface area contributed by atoms with E-state index in [1.807, 2.05) is 53.1 Å². The quantitative estimate of drug-likeness (QED) is 0.301. The van der Waals surface area contributed by atoms with Crippen LogP contribution >= 0.6 is 0 Å². The van der Waals surface area contributed by atoms with Crippen LogP contribution in [0.2, 0.25) is 0 Å². The molecule has 5 aromatic heterocycles. The summed E-state index contributed by atoms with van der Waals surface area (Å²) in [5, 5.41) is 9.10. The van der Waals surface area contributed by atoms with Crippen LogP contribution in [0.4, 0.5) is 11.8 Å². The van der Waals surface area contributed by atoms with Gasteiger partial charge in [0, 0.05) is 57.9 Å². The fourth-order valence-electron chi connectivity index (χ4n) is 5.54. The molecule has 0 aliphatic carbocycles. The third kappa shape index (κ3) is 5.34. The second kappa shape index (κ2) is 11.6. The van der Waals surface area contributed by atoms with Gasteiger partial charge < -0.3 is 15.2 Å². The maximum Gasteiger partial charge on any atom is 0.259 e. The Bertz CT molecular complexity index is 2120. The summed E-state index contributed by atoms with van der Waals surface area (Å²) >= 11 is 0. The molecule has 2 N–H and O–H groups in total. The number of pyridine rings is 3. The molecule has 0 bridgehead atoms. The maximum atomic E-state index is 12.9. The average Bonchev–Trinajstić information content (AvgIpc) is 3.45. The van der Waals surface area contributed by atoms with Crippen molar-refractivity contribution < 1.29 is 0 Å². The molecule has 45 heavy (non-hydrogen) atoms. The zero-order valence-corrected chi connectivity index (χ0v) is 24.4. The molecule has 1 fully saturated rings. The minimum absolute atomic E-state index is 0.123. The molecule has 0 spiro atoms. The zero-order chi connectivity index (χ0) is 30.9. The highest BCUT2D eigenvalue weighted by Crippen LogP contribution is 2.31. The van der Waals surface area contributed by atoms with Gasteiger partial charge in [-0.15, -0.1) is 0 Å². The highest BCUT2D eigenvalue weighted by atomic mass is 16.1. The first kappa shape index (κ1) is 27.8. The first-order valence-electron chi connectivity index (χ1n) is 14.4. The third-order valence-corrected chi connectivity index (χ3v) is 7.90. The predicted octanol–water partition coefficient (Wildman–Crippen LogP) is 2.81. The molecular formula is C32H28N12O. The number of rotatable bonds is 6. The van der Waals surface area contributed by atoms with Gasteiger partial charge in [-0.3, -0.25) is 14.3 Å². The summed E-state index contributed by atoms with van der Waals surface area (Å²) in [6.45, 7) is 3.95. The molecule has 6 heterocycles. The van der Waals surface area contributed by atoms with E-state index < -0.39 is 0 Å². The molecule has 0 atom stereocenters. The molecule has 1 saturated heterocycles. The number of anilines is 2. The van der Waals surface area contributed by atoms with E-state index in [0.29, 0.717) is 45.6 Å². The van der Waals surface area contributed by atoms with Crippen LogP contribution in [0.5, 0.6) is 0 Å². The van der Waals surface area contributed by atoms with Crippen LogP contribution in [0.25, 0.3) is 39.5 Å². The lowest BCUT2D eigenvalue weighted by Crippen LogP contribution is -2.46. The van der Waals surface area contributed by atoms with Crippen molar-refractivity contribution in [3.63, 3.8) is 0 Å². The summed E-state index contributed by atoms with van der Waals surface area (Å²) in [4.78, 5) is 43.8. The molecule has 7 rings (SSSR count). The van der Waals surface area contributed by atoms with Gasteiger partial charge in [0.25, 0.3) is 5.56 Å². The van der Waals surface area contributed by atoms with Gasteiger partial charge in [0.05, 0.1) is 16.8 Å². The molecule has 0 amide bonds. The minimum atomic E-state index is -0.127. The molecule has 222 valence electrons. The van der Waals surface area contributed by atoms with Crippen molar-refractivity contribution in [2.75, 3.05) is 36.8 Å². The molecule has 13 nitrogen and oxygen atoms in total. The van der Waals surface area contributed by atoms with Gasteiger partial charge in [-0.25, -0.2) is 24.9 Å². The topological polar surface area (TPSA) is 161 Å². The van der Waals surface area contributed by atoms with E-state index >= 15 is 0 Å². The largest absolute Gasteiger partial charge is 0.383 e. The van der Waals surface area contributed by atoms with E-state index in [-0.39, 0.29) is 11.4 Å². The summed E-state index contributed by atoms with van der Waals surface area (Å²) in [7, 11) is 1.72. The van der Waals surface area contributed by atoms with Crippen molar-refractivity contribution >= 4 is 22.9 Å². The van der Waals surface area contributed by atoms with Crippen LogP contribution in [0.3, 0.4) is 0 Å². The Balaban J connectivity index is 1.19. The van der Waals surface area contributed by atoms with Crippen molar-refractivity contribution in [3.8, 4) is 34.4 Å². The van der Waals surface area contributed by atoms with E-state index in [1.165, 1.54) is 10.9 Å². The monoisotopic (exact) mass is 596 g/mol. The number of nitrogens with zero attached hydrogens (tertiary/aromatic N) is 11. The Hall–Kier alpha value is -6.00. The number of nitrogen functional groups attached to an aromatic ring is 1. The van der Waals surface area contributed by atoms with Crippen LogP contribution < -0.4 is 16.2 Å². The van der Waals surface area contributed by atoms with Crippen molar-refractivity contribution in [1.29, 1.82) is 5.26 Å². The Kier molecular flexibility index (Phi) is 7.16. The number of nitriles is 1. The summed E-state index contributed by atoms with van der Waals surface area (Å²) < 4.78 is 3.50. The fourth-order valence-corrected chi connectivity index (χ4v) is 5.54. The smallest absolute Gasteiger partial charge is 0.259 e. The van der Waals surface area contributed by atoms with Crippen LogP contribution in [0.15, 0.2) is 84.2 Å². The molecule has 1 aliphatic rings. The number of nitrogens with two attached hydrogens (primary N) is 1. The van der Waals surface area contributed by atoms with Gasteiger partial charge in [-0.1, -0.05) is 12.1 Å². The molecule has 1 aliphatic heterocycles. The van der Waals surface area contributed by atoms with E-state index in [0.717, 1.165) is 44.0 Å². The van der Waals surface area contributed by atoms with Gasteiger partial charge in [0.1, 0.15) is 23.7 Å². The number of imidazole rings is 1. The summed E-state index contributed by atoms with van der Waals surface area (Å²) in [5.41, 5.74) is 11.2. The van der Waals surface area contributed by atoms with Crippen molar-refractivity contribution in [2.45, 2.75) is 6.54 Å². The zero-order valence-electron chi connectivity index (χ0n) is 24.4. The Labute approximate surface area is 257 Å². The molecule has 1 aromatic carbocycles. The highest BCUT2D eigenvalue weighted by molar-refractivity contribution is 5.84. The fraction of sp³-hybridized carbons (Fsp3) is 0.188. The Morgan fingerprint density at radius 2 is 1.69 bits per heavy atom. The van der Waals surface area contributed by atoms with Gasteiger partial charge in [-0.2, -0.15) is 10.2 Å². The number of fused-ring (bicyclic) bond motifs is 1. The van der Waals surface area contributed by atoms with Crippen molar-refractivity contribution in [1.82, 2.24) is 43.9 Å². The SMILES string of the molecule is Cn1cccc(-c2ccc3nc(-c4cccnc4N)n(-c4ccc(CN5CCN(c6ncnc(C#N)n6)CC5)cc4)c3n2)c1=O. The molecule has 6 aromatic rings. The minimum Gasteiger partial charge on any atom is -0.383 e. The first-order chi connectivity index (χ1) is 22.0. The number of benzene rings is 1. The van der Waals surface area contributed by atoms with E-state index in [4.69, 9.17) is 21.0 Å². The summed E-state index contributed by atoms with van der Waals surface area (Å²) in [6.07, 6.45) is 4.75. The molecule has 0 unspecified atom stereocenters. The standard InChI is InChI=1S/C32H28N12O/c1-41-13-3-5-23(31(41)45)25-10-11-26-30(38-25)44(29(39-26)24-4-2-12-35-28(24)34)22-8-6-21(7-9-22)19-42-14-16-43(17-15-42)32-37-20-36-27(18-33)40-32/h2-13,20H,14-17,19H2,1H3,(H2,34,35). The average molecular weight is 597 g/mol. The van der Waals surface area contributed by atoms with Gasteiger partial charge >= 0.3 is 0 Å². The second-order valence-corrected chi connectivity index (χ2v) is 10.7. The van der Waals surface area contributed by atoms with Crippen molar-refractivity contribution in [2.24, 2.45) is 7.05 Å². The van der Waals surface area contributed by atoms with Gasteiger partial charge in [0.15, 0.2) is 11.5 Å². The first-order valence-corrected chi connectivity index (χ1v) is 14.4.